The number of urea groups is 1. The molecule has 6 nitrogen and oxygen atoms in total. The number of hydrogen-bond acceptors (Lipinski definition) is 4. The summed E-state index contributed by atoms with van der Waals surface area (Å²) in [6, 6.07) is 12.9. The SMILES string of the molecule is Cc1ccc(NC(=O)N2CCC(=Cc3cccc(Oc4ccc(C(F)(F)F)cn4)c3)C(C)C2)cn1. The number of piperidine rings is 1. The van der Waals surface area contributed by atoms with Crippen molar-refractivity contribution in [1.82, 2.24) is 14.9 Å². The van der Waals surface area contributed by atoms with Gasteiger partial charge >= 0.3 is 12.2 Å². The Hall–Kier alpha value is -3.88. The number of aryl methyl sites for hydroxylation is 1. The third kappa shape index (κ3) is 6.38. The van der Waals surface area contributed by atoms with Crippen molar-refractivity contribution in [3.05, 3.63) is 83.3 Å². The maximum Gasteiger partial charge on any atom is 0.417 e. The van der Waals surface area contributed by atoms with Gasteiger partial charge in [-0.05, 0) is 55.2 Å². The molecule has 1 aromatic carbocycles. The lowest BCUT2D eigenvalue weighted by Crippen LogP contribution is -2.42. The lowest BCUT2D eigenvalue weighted by molar-refractivity contribution is -0.137. The van der Waals surface area contributed by atoms with E-state index in [4.69, 9.17) is 4.74 Å². The molecule has 0 radical (unpaired) electrons. The Bertz CT molecular complexity index is 1210. The van der Waals surface area contributed by atoms with E-state index in [1.165, 1.54) is 11.6 Å². The summed E-state index contributed by atoms with van der Waals surface area (Å²) in [5, 5.41) is 2.89. The summed E-state index contributed by atoms with van der Waals surface area (Å²) in [7, 11) is 0. The number of rotatable bonds is 4. The van der Waals surface area contributed by atoms with Gasteiger partial charge in [-0.15, -0.1) is 0 Å². The largest absolute Gasteiger partial charge is 0.439 e. The van der Waals surface area contributed by atoms with Crippen LogP contribution in [0.15, 0.2) is 66.5 Å². The number of hydrogen-bond donors (Lipinski definition) is 1. The molecule has 2 amide bonds. The number of amides is 2. The van der Waals surface area contributed by atoms with Crippen molar-refractivity contribution in [2.75, 3.05) is 18.4 Å². The quantitative estimate of drug-likeness (QED) is 0.458. The van der Waals surface area contributed by atoms with Crippen LogP contribution in [-0.2, 0) is 6.18 Å². The van der Waals surface area contributed by atoms with Gasteiger partial charge in [-0.25, -0.2) is 9.78 Å². The average molecular weight is 483 g/mol. The summed E-state index contributed by atoms with van der Waals surface area (Å²) in [4.78, 5) is 22.4. The van der Waals surface area contributed by atoms with E-state index >= 15 is 0 Å². The Kier molecular flexibility index (Phi) is 7.04. The predicted octanol–water partition coefficient (Wildman–Crippen LogP) is 6.55. The lowest BCUT2D eigenvalue weighted by atomic mass is 9.91. The molecule has 1 N–H and O–H groups in total. The van der Waals surface area contributed by atoms with Crippen LogP contribution in [-0.4, -0.2) is 34.0 Å². The summed E-state index contributed by atoms with van der Waals surface area (Å²) in [5.74, 6) is 0.717. The number of alkyl halides is 3. The molecule has 182 valence electrons. The summed E-state index contributed by atoms with van der Waals surface area (Å²) >= 11 is 0. The number of nitrogens with zero attached hydrogens (tertiary/aromatic N) is 3. The maximum absolute atomic E-state index is 12.7. The second kappa shape index (κ2) is 10.2. The molecular formula is C26H25F3N4O2. The van der Waals surface area contributed by atoms with Gasteiger partial charge in [-0.2, -0.15) is 13.2 Å². The molecule has 4 rings (SSSR count). The van der Waals surface area contributed by atoms with Gasteiger partial charge in [0.25, 0.3) is 0 Å². The highest BCUT2D eigenvalue weighted by molar-refractivity contribution is 5.89. The van der Waals surface area contributed by atoms with Crippen LogP contribution in [0.2, 0.25) is 0 Å². The van der Waals surface area contributed by atoms with E-state index in [-0.39, 0.29) is 17.8 Å². The van der Waals surface area contributed by atoms with Crippen molar-refractivity contribution in [2.45, 2.75) is 26.4 Å². The van der Waals surface area contributed by atoms with Crippen LogP contribution in [0.3, 0.4) is 0 Å². The van der Waals surface area contributed by atoms with Gasteiger partial charge in [0.15, 0.2) is 0 Å². The molecule has 0 bridgehead atoms. The molecule has 0 spiro atoms. The molecule has 1 aliphatic rings. The molecule has 3 aromatic rings. The van der Waals surface area contributed by atoms with Crippen molar-refractivity contribution in [2.24, 2.45) is 5.92 Å². The van der Waals surface area contributed by atoms with E-state index in [0.29, 0.717) is 24.5 Å². The number of benzene rings is 1. The number of pyridine rings is 2. The number of halogens is 3. The van der Waals surface area contributed by atoms with Gasteiger partial charge in [0.1, 0.15) is 5.75 Å². The fourth-order valence-corrected chi connectivity index (χ4v) is 3.80. The molecule has 0 aliphatic carbocycles. The van der Waals surface area contributed by atoms with Gasteiger partial charge in [0.2, 0.25) is 5.88 Å². The second-order valence-electron chi connectivity index (χ2n) is 8.49. The molecule has 1 atom stereocenters. The monoisotopic (exact) mass is 482 g/mol. The van der Waals surface area contributed by atoms with Gasteiger partial charge in [0, 0.05) is 31.0 Å². The molecule has 1 saturated heterocycles. The first kappa shape index (κ1) is 24.3. The Morgan fingerprint density at radius 2 is 1.97 bits per heavy atom. The predicted molar refractivity (Wildman–Crippen MR) is 127 cm³/mol. The van der Waals surface area contributed by atoms with Crippen molar-refractivity contribution in [1.29, 1.82) is 0 Å². The van der Waals surface area contributed by atoms with E-state index in [1.54, 1.807) is 17.2 Å². The number of nitrogens with one attached hydrogen (secondary N) is 1. The minimum Gasteiger partial charge on any atom is -0.439 e. The third-order valence-corrected chi connectivity index (χ3v) is 5.74. The lowest BCUT2D eigenvalue weighted by Gasteiger charge is -2.33. The zero-order chi connectivity index (χ0) is 25.0. The minimum absolute atomic E-state index is 0.0827. The van der Waals surface area contributed by atoms with E-state index in [1.807, 2.05) is 37.3 Å². The fourth-order valence-electron chi connectivity index (χ4n) is 3.80. The van der Waals surface area contributed by atoms with Crippen LogP contribution in [0.4, 0.5) is 23.7 Å². The zero-order valence-electron chi connectivity index (χ0n) is 19.3. The number of aromatic nitrogens is 2. The van der Waals surface area contributed by atoms with E-state index < -0.39 is 11.7 Å². The van der Waals surface area contributed by atoms with Gasteiger partial charge in [0.05, 0.1) is 17.4 Å². The van der Waals surface area contributed by atoms with Crippen LogP contribution < -0.4 is 10.1 Å². The molecule has 3 heterocycles. The third-order valence-electron chi connectivity index (χ3n) is 5.74. The van der Waals surface area contributed by atoms with E-state index in [2.05, 4.69) is 28.3 Å². The van der Waals surface area contributed by atoms with Gasteiger partial charge in [-0.1, -0.05) is 30.7 Å². The van der Waals surface area contributed by atoms with Crippen molar-refractivity contribution in [3.8, 4) is 11.6 Å². The molecule has 1 aliphatic heterocycles. The second-order valence-corrected chi connectivity index (χ2v) is 8.49. The first-order valence-electron chi connectivity index (χ1n) is 11.2. The molecular weight excluding hydrogens is 457 g/mol. The molecule has 9 heteroatoms. The Morgan fingerprint density at radius 3 is 2.63 bits per heavy atom. The molecule has 1 fully saturated rings. The van der Waals surface area contributed by atoms with Crippen molar-refractivity contribution >= 4 is 17.8 Å². The number of ether oxygens (including phenoxy) is 1. The summed E-state index contributed by atoms with van der Waals surface area (Å²) < 4.78 is 43.8. The molecule has 35 heavy (non-hydrogen) atoms. The van der Waals surface area contributed by atoms with E-state index in [9.17, 15) is 18.0 Å². The van der Waals surface area contributed by atoms with Crippen LogP contribution in [0.1, 0.15) is 30.2 Å². The Labute approximate surface area is 201 Å². The molecule has 1 unspecified atom stereocenters. The standard InChI is InChI=1S/C26H25F3N4O2/c1-17-16-33(25(34)32-22-8-6-18(2)30-15-22)11-10-20(17)12-19-4-3-5-23(13-19)35-24-9-7-21(14-31-24)26(27,28)29/h3-9,12-15,17H,10-11,16H2,1-2H3,(H,32,34). The summed E-state index contributed by atoms with van der Waals surface area (Å²) in [6.07, 6.45) is 0.745. The summed E-state index contributed by atoms with van der Waals surface area (Å²) in [5.41, 5.74) is 2.83. The number of carbonyl (C=O) groups is 1. The minimum atomic E-state index is -4.44. The fraction of sp³-hybridized carbons (Fsp3) is 0.269. The Balaban J connectivity index is 1.38. The molecule has 0 saturated carbocycles. The number of likely N-dealkylation sites (tertiary alicyclic amines) is 1. The summed E-state index contributed by atoms with van der Waals surface area (Å²) in [6.45, 7) is 5.14. The zero-order valence-corrected chi connectivity index (χ0v) is 19.3. The highest BCUT2D eigenvalue weighted by Crippen LogP contribution is 2.31. The highest BCUT2D eigenvalue weighted by atomic mass is 19.4. The van der Waals surface area contributed by atoms with Crippen LogP contribution >= 0.6 is 0 Å². The van der Waals surface area contributed by atoms with Crippen molar-refractivity contribution in [3.63, 3.8) is 0 Å². The first-order chi connectivity index (χ1) is 16.7. The normalized spacial score (nSPS) is 17.3. The van der Waals surface area contributed by atoms with Crippen molar-refractivity contribution < 1.29 is 22.7 Å². The number of carbonyl (C=O) groups excluding carboxylic acids is 1. The first-order valence-corrected chi connectivity index (χ1v) is 11.2. The average Bonchev–Trinajstić information content (AvgIpc) is 2.82. The van der Waals surface area contributed by atoms with Gasteiger partial charge in [-0.3, -0.25) is 4.98 Å². The van der Waals surface area contributed by atoms with Crippen LogP contribution in [0.5, 0.6) is 11.6 Å². The molecule has 2 aromatic heterocycles. The van der Waals surface area contributed by atoms with Gasteiger partial charge < -0.3 is 15.0 Å². The Morgan fingerprint density at radius 1 is 1.14 bits per heavy atom. The smallest absolute Gasteiger partial charge is 0.417 e. The maximum atomic E-state index is 12.7. The number of anilines is 1. The van der Waals surface area contributed by atoms with E-state index in [0.717, 1.165) is 29.9 Å². The topological polar surface area (TPSA) is 67.4 Å². The highest BCUT2D eigenvalue weighted by Gasteiger charge is 2.30. The van der Waals surface area contributed by atoms with Crippen LogP contribution in [0, 0.1) is 12.8 Å². The van der Waals surface area contributed by atoms with Crippen LogP contribution in [0.25, 0.3) is 6.08 Å².